The maximum Gasteiger partial charge on any atom is 0.327 e. The van der Waals surface area contributed by atoms with E-state index in [1.165, 1.54) is 62.6 Å². The Bertz CT molecular complexity index is 1200. The van der Waals surface area contributed by atoms with Crippen molar-refractivity contribution in [1.82, 2.24) is 9.71 Å². The summed E-state index contributed by atoms with van der Waals surface area (Å²) in [7, 11) is 0.314. The molecule has 0 atom stereocenters. The number of sulfonamides is 1. The van der Waals surface area contributed by atoms with Gasteiger partial charge in [-0.15, -0.1) is 0 Å². The van der Waals surface area contributed by atoms with Crippen LogP contribution in [0.4, 0.5) is 20.0 Å². The van der Waals surface area contributed by atoms with Gasteiger partial charge in [-0.05, 0) is 37.4 Å². The van der Waals surface area contributed by atoms with Gasteiger partial charge in [0.1, 0.15) is 22.2 Å². The third-order valence-corrected chi connectivity index (χ3v) is 6.34. The average molecular weight is 467 g/mol. The Kier molecular flexibility index (Phi) is 6.73. The van der Waals surface area contributed by atoms with E-state index in [2.05, 4.69) is 15.0 Å². The highest BCUT2D eigenvalue weighted by Crippen LogP contribution is 2.32. The second-order valence-corrected chi connectivity index (χ2v) is 8.92. The van der Waals surface area contributed by atoms with E-state index in [0.29, 0.717) is 16.5 Å². The van der Waals surface area contributed by atoms with Crippen molar-refractivity contribution < 1.29 is 27.1 Å². The number of carbonyl (C=O) groups is 1. The molecule has 1 aromatic heterocycles. The standard InChI is InChI=1S/C19H19FN4O5S2/c1-21-31(26,27)16-10-13(7-8-15(16)28-3)24(2)19(25)23-18-22-11-17(30-18)29-14-6-4-5-12(20)9-14/h4-11,21H,1-3H3,(H,22,23,25). The van der Waals surface area contributed by atoms with E-state index >= 15 is 0 Å². The number of benzene rings is 2. The molecule has 9 nitrogen and oxygen atoms in total. The molecule has 2 aromatic carbocycles. The van der Waals surface area contributed by atoms with E-state index in [9.17, 15) is 17.6 Å². The minimum Gasteiger partial charge on any atom is -0.495 e. The number of ether oxygens (including phenoxy) is 2. The predicted molar refractivity (Wildman–Crippen MR) is 115 cm³/mol. The third kappa shape index (κ3) is 5.29. The molecule has 0 unspecified atom stereocenters. The molecule has 0 aliphatic carbocycles. The molecule has 0 aliphatic rings. The number of nitrogens with zero attached hydrogens (tertiary/aromatic N) is 2. The topological polar surface area (TPSA) is 110 Å². The van der Waals surface area contributed by atoms with Gasteiger partial charge in [0.15, 0.2) is 5.13 Å². The lowest BCUT2D eigenvalue weighted by molar-refractivity contribution is 0.258. The Morgan fingerprint density at radius 1 is 1.23 bits per heavy atom. The summed E-state index contributed by atoms with van der Waals surface area (Å²) >= 11 is 1.05. The van der Waals surface area contributed by atoms with E-state index in [-0.39, 0.29) is 15.8 Å². The molecule has 2 amide bonds. The molecule has 31 heavy (non-hydrogen) atoms. The zero-order chi connectivity index (χ0) is 22.6. The van der Waals surface area contributed by atoms with Crippen LogP contribution in [0.5, 0.6) is 16.6 Å². The fraction of sp³-hybridized carbons (Fsp3) is 0.158. The van der Waals surface area contributed by atoms with Gasteiger partial charge >= 0.3 is 6.03 Å². The smallest absolute Gasteiger partial charge is 0.327 e. The Morgan fingerprint density at radius 3 is 2.68 bits per heavy atom. The summed E-state index contributed by atoms with van der Waals surface area (Å²) in [6.07, 6.45) is 1.40. The van der Waals surface area contributed by atoms with E-state index in [1.807, 2.05) is 0 Å². The first-order valence-electron chi connectivity index (χ1n) is 8.79. The highest BCUT2D eigenvalue weighted by molar-refractivity contribution is 7.89. The first-order valence-corrected chi connectivity index (χ1v) is 11.1. The van der Waals surface area contributed by atoms with Crippen LogP contribution >= 0.6 is 11.3 Å². The van der Waals surface area contributed by atoms with Gasteiger partial charge in [0.2, 0.25) is 15.1 Å². The number of methoxy groups -OCH3 is 1. The highest BCUT2D eigenvalue weighted by atomic mass is 32.2. The Hall–Kier alpha value is -3.22. The van der Waals surface area contributed by atoms with Gasteiger partial charge in [-0.3, -0.25) is 10.2 Å². The summed E-state index contributed by atoms with van der Waals surface area (Å²) in [5, 5.41) is 3.21. The van der Waals surface area contributed by atoms with Gasteiger partial charge in [-0.1, -0.05) is 17.4 Å². The van der Waals surface area contributed by atoms with Crippen LogP contribution in [0.1, 0.15) is 0 Å². The molecule has 0 saturated heterocycles. The number of rotatable bonds is 7. The largest absolute Gasteiger partial charge is 0.495 e. The number of hydrogen-bond acceptors (Lipinski definition) is 7. The minimum atomic E-state index is -3.80. The molecule has 164 valence electrons. The number of urea groups is 1. The van der Waals surface area contributed by atoms with Crippen molar-refractivity contribution in [3.05, 3.63) is 54.5 Å². The average Bonchev–Trinajstić information content (AvgIpc) is 3.19. The summed E-state index contributed by atoms with van der Waals surface area (Å²) in [5.41, 5.74) is 0.319. The lowest BCUT2D eigenvalue weighted by atomic mass is 10.3. The third-order valence-electron chi connectivity index (χ3n) is 4.11. The quantitative estimate of drug-likeness (QED) is 0.550. The molecule has 0 spiro atoms. The van der Waals surface area contributed by atoms with Crippen molar-refractivity contribution in [2.24, 2.45) is 0 Å². The van der Waals surface area contributed by atoms with Gasteiger partial charge in [-0.2, -0.15) is 0 Å². The molecule has 0 bridgehead atoms. The van der Waals surface area contributed by atoms with Gasteiger partial charge in [-0.25, -0.2) is 27.3 Å². The zero-order valence-corrected chi connectivity index (χ0v) is 18.4. The number of carbonyl (C=O) groups excluding carboxylic acids is 1. The number of hydrogen-bond donors (Lipinski definition) is 2. The Balaban J connectivity index is 1.74. The summed E-state index contributed by atoms with van der Waals surface area (Å²) < 4.78 is 50.6. The number of anilines is 2. The molecule has 3 rings (SSSR count). The van der Waals surface area contributed by atoms with Gasteiger partial charge in [0.05, 0.1) is 13.3 Å². The lowest BCUT2D eigenvalue weighted by Crippen LogP contribution is -2.31. The van der Waals surface area contributed by atoms with Crippen molar-refractivity contribution in [2.45, 2.75) is 4.90 Å². The van der Waals surface area contributed by atoms with E-state index in [1.54, 1.807) is 12.1 Å². The van der Waals surface area contributed by atoms with Crippen molar-refractivity contribution in [3.8, 4) is 16.6 Å². The fourth-order valence-corrected chi connectivity index (χ4v) is 4.09. The molecule has 0 saturated carbocycles. The van der Waals surface area contributed by atoms with E-state index in [0.717, 1.165) is 11.3 Å². The second-order valence-electron chi connectivity index (χ2n) is 6.08. The Morgan fingerprint density at radius 2 is 2.00 bits per heavy atom. The number of halogens is 1. The summed E-state index contributed by atoms with van der Waals surface area (Å²) in [6, 6.07) is 9.41. The zero-order valence-electron chi connectivity index (χ0n) is 16.7. The molecule has 0 fully saturated rings. The van der Waals surface area contributed by atoms with E-state index < -0.39 is 21.9 Å². The molecular formula is C19H19FN4O5S2. The summed E-state index contributed by atoms with van der Waals surface area (Å²) in [5.74, 6) is 0.0115. The van der Waals surface area contributed by atoms with Crippen molar-refractivity contribution in [3.63, 3.8) is 0 Å². The molecule has 12 heteroatoms. The lowest BCUT2D eigenvalue weighted by Gasteiger charge is -2.19. The predicted octanol–water partition coefficient (Wildman–Crippen LogP) is 3.66. The number of nitrogens with one attached hydrogen (secondary N) is 2. The molecule has 3 aromatic rings. The van der Waals surface area contributed by atoms with Crippen LogP contribution in [0, 0.1) is 5.82 Å². The van der Waals surface area contributed by atoms with Gasteiger partial charge in [0, 0.05) is 18.8 Å². The van der Waals surface area contributed by atoms with Crippen molar-refractivity contribution in [1.29, 1.82) is 0 Å². The molecular weight excluding hydrogens is 447 g/mol. The van der Waals surface area contributed by atoms with Crippen LogP contribution in [0.3, 0.4) is 0 Å². The molecule has 0 radical (unpaired) electrons. The van der Waals surface area contributed by atoms with Crippen LogP contribution < -0.4 is 24.4 Å². The van der Waals surface area contributed by atoms with Crippen LogP contribution in [0.2, 0.25) is 0 Å². The summed E-state index contributed by atoms with van der Waals surface area (Å²) in [6.45, 7) is 0. The Labute approximate surface area is 182 Å². The molecule has 2 N–H and O–H groups in total. The SMILES string of the molecule is CNS(=O)(=O)c1cc(N(C)C(=O)Nc2ncc(Oc3cccc(F)c3)s2)ccc1OC. The fourth-order valence-electron chi connectivity index (χ4n) is 2.50. The van der Waals surface area contributed by atoms with E-state index in [4.69, 9.17) is 9.47 Å². The van der Waals surface area contributed by atoms with Crippen LogP contribution in [-0.2, 0) is 10.0 Å². The first kappa shape index (κ1) is 22.5. The minimum absolute atomic E-state index is 0.102. The summed E-state index contributed by atoms with van der Waals surface area (Å²) in [4.78, 5) is 17.8. The van der Waals surface area contributed by atoms with Crippen molar-refractivity contribution in [2.75, 3.05) is 31.4 Å². The maximum absolute atomic E-state index is 13.3. The van der Waals surface area contributed by atoms with Gasteiger partial charge in [0.25, 0.3) is 0 Å². The van der Waals surface area contributed by atoms with Crippen LogP contribution in [0.15, 0.2) is 53.6 Å². The maximum atomic E-state index is 13.3. The second kappa shape index (κ2) is 9.29. The highest BCUT2D eigenvalue weighted by Gasteiger charge is 2.21. The van der Waals surface area contributed by atoms with Crippen LogP contribution in [-0.4, -0.2) is 40.6 Å². The van der Waals surface area contributed by atoms with Gasteiger partial charge < -0.3 is 9.47 Å². The molecule has 0 aliphatic heterocycles. The number of thiazole rings is 1. The monoisotopic (exact) mass is 466 g/mol. The number of amides is 2. The first-order chi connectivity index (χ1) is 14.7. The van der Waals surface area contributed by atoms with Crippen molar-refractivity contribution >= 4 is 38.2 Å². The molecule has 1 heterocycles. The number of aromatic nitrogens is 1. The normalized spacial score (nSPS) is 11.1. The van der Waals surface area contributed by atoms with Crippen LogP contribution in [0.25, 0.3) is 0 Å².